The summed E-state index contributed by atoms with van der Waals surface area (Å²) in [5, 5.41) is 0. The second kappa shape index (κ2) is 5.11. The van der Waals surface area contributed by atoms with Crippen LogP contribution in [0, 0.1) is 13.8 Å². The molecule has 1 aromatic rings. The molecule has 0 aliphatic rings. The summed E-state index contributed by atoms with van der Waals surface area (Å²) in [5.41, 5.74) is 2.21. The molecule has 0 saturated carbocycles. The van der Waals surface area contributed by atoms with Gasteiger partial charge in [0.25, 0.3) is 0 Å². The van der Waals surface area contributed by atoms with E-state index < -0.39 is 5.54 Å². The average molecular weight is 249 g/mol. The zero-order valence-electron chi connectivity index (χ0n) is 12.4. The standard InChI is InChI=1S/C15H23NO2/c1-10-9-13(18-7)11(2)8-12(10)14(17)15(3,4)16(5)6/h8-9H,1-7H3. The summed E-state index contributed by atoms with van der Waals surface area (Å²) < 4.78 is 5.27. The van der Waals surface area contributed by atoms with Crippen molar-refractivity contribution in [3.63, 3.8) is 0 Å². The zero-order chi connectivity index (χ0) is 14.1. The highest BCUT2D eigenvalue weighted by Gasteiger charge is 2.31. The molecule has 1 rings (SSSR count). The van der Waals surface area contributed by atoms with Gasteiger partial charge in [0.15, 0.2) is 5.78 Å². The molecule has 0 saturated heterocycles. The number of methoxy groups -OCH3 is 1. The third kappa shape index (κ3) is 2.56. The molecule has 1 aromatic carbocycles. The van der Waals surface area contributed by atoms with Crippen molar-refractivity contribution in [2.75, 3.05) is 21.2 Å². The van der Waals surface area contributed by atoms with E-state index in [0.29, 0.717) is 0 Å². The normalized spacial score (nSPS) is 11.8. The predicted molar refractivity (Wildman–Crippen MR) is 74.6 cm³/mol. The van der Waals surface area contributed by atoms with E-state index in [1.165, 1.54) is 0 Å². The van der Waals surface area contributed by atoms with Crippen molar-refractivity contribution in [3.05, 3.63) is 28.8 Å². The highest BCUT2D eigenvalue weighted by Crippen LogP contribution is 2.26. The Morgan fingerprint density at radius 3 is 2.17 bits per heavy atom. The van der Waals surface area contributed by atoms with Gasteiger partial charge in [-0.05, 0) is 65.0 Å². The largest absolute Gasteiger partial charge is 0.496 e. The van der Waals surface area contributed by atoms with Gasteiger partial charge >= 0.3 is 0 Å². The van der Waals surface area contributed by atoms with E-state index in [-0.39, 0.29) is 5.78 Å². The first-order valence-electron chi connectivity index (χ1n) is 6.09. The van der Waals surface area contributed by atoms with Crippen LogP contribution in [0.3, 0.4) is 0 Å². The first-order valence-corrected chi connectivity index (χ1v) is 6.09. The van der Waals surface area contributed by atoms with Crippen molar-refractivity contribution in [1.82, 2.24) is 4.90 Å². The lowest BCUT2D eigenvalue weighted by Crippen LogP contribution is -2.45. The molecule has 0 spiro atoms. The van der Waals surface area contributed by atoms with Gasteiger partial charge in [0.05, 0.1) is 12.6 Å². The number of ketones is 1. The first kappa shape index (κ1) is 14.7. The van der Waals surface area contributed by atoms with Gasteiger partial charge in [-0.2, -0.15) is 0 Å². The number of carbonyl (C=O) groups is 1. The minimum absolute atomic E-state index is 0.135. The van der Waals surface area contributed by atoms with Gasteiger partial charge in [-0.3, -0.25) is 9.69 Å². The molecule has 0 N–H and O–H groups in total. The second-order valence-electron chi connectivity index (χ2n) is 5.42. The molecule has 18 heavy (non-hydrogen) atoms. The van der Waals surface area contributed by atoms with Crippen LogP contribution in [0.25, 0.3) is 0 Å². The van der Waals surface area contributed by atoms with Gasteiger partial charge in [0.1, 0.15) is 5.75 Å². The molecule has 3 nitrogen and oxygen atoms in total. The molecule has 0 radical (unpaired) electrons. The van der Waals surface area contributed by atoms with E-state index in [0.717, 1.165) is 22.4 Å². The van der Waals surface area contributed by atoms with Crippen molar-refractivity contribution in [1.29, 1.82) is 0 Å². The van der Waals surface area contributed by atoms with E-state index in [1.807, 2.05) is 58.8 Å². The van der Waals surface area contributed by atoms with Crippen LogP contribution in [0.5, 0.6) is 5.75 Å². The molecule has 0 fully saturated rings. The summed E-state index contributed by atoms with van der Waals surface area (Å²) in [6, 6.07) is 3.84. The maximum Gasteiger partial charge on any atom is 0.182 e. The Labute approximate surface area is 110 Å². The summed E-state index contributed by atoms with van der Waals surface area (Å²) in [4.78, 5) is 14.5. The number of likely N-dealkylation sites (N-methyl/N-ethyl adjacent to an activating group) is 1. The van der Waals surface area contributed by atoms with Crippen LogP contribution < -0.4 is 4.74 Å². The number of hydrogen-bond donors (Lipinski definition) is 0. The number of Topliss-reactive ketones (excluding diaryl/α,β-unsaturated/α-hetero) is 1. The Morgan fingerprint density at radius 1 is 1.17 bits per heavy atom. The van der Waals surface area contributed by atoms with Gasteiger partial charge in [0, 0.05) is 5.56 Å². The Hall–Kier alpha value is -1.35. The van der Waals surface area contributed by atoms with Crippen LogP contribution >= 0.6 is 0 Å². The van der Waals surface area contributed by atoms with Crippen LogP contribution in [-0.2, 0) is 0 Å². The van der Waals surface area contributed by atoms with E-state index in [4.69, 9.17) is 4.74 Å². The number of rotatable bonds is 4. The van der Waals surface area contributed by atoms with Gasteiger partial charge in [-0.15, -0.1) is 0 Å². The molecule has 0 aliphatic heterocycles. The topological polar surface area (TPSA) is 29.5 Å². The van der Waals surface area contributed by atoms with Crippen LogP contribution in [0.15, 0.2) is 12.1 Å². The number of nitrogens with zero attached hydrogens (tertiary/aromatic N) is 1. The molecular weight excluding hydrogens is 226 g/mol. The lowest BCUT2D eigenvalue weighted by Gasteiger charge is -2.31. The molecule has 100 valence electrons. The fraction of sp³-hybridized carbons (Fsp3) is 0.533. The van der Waals surface area contributed by atoms with E-state index >= 15 is 0 Å². The molecule has 0 aliphatic carbocycles. The molecule has 0 amide bonds. The van der Waals surface area contributed by atoms with Gasteiger partial charge in [-0.25, -0.2) is 0 Å². The summed E-state index contributed by atoms with van der Waals surface area (Å²) in [5.74, 6) is 0.961. The number of carbonyl (C=O) groups excluding carboxylic acids is 1. The maximum atomic E-state index is 12.6. The quantitative estimate of drug-likeness (QED) is 0.768. The third-order valence-electron chi connectivity index (χ3n) is 3.66. The van der Waals surface area contributed by atoms with Gasteiger partial charge < -0.3 is 4.74 Å². The maximum absolute atomic E-state index is 12.6. The Morgan fingerprint density at radius 2 is 1.72 bits per heavy atom. The van der Waals surface area contributed by atoms with Crippen molar-refractivity contribution >= 4 is 5.78 Å². The van der Waals surface area contributed by atoms with E-state index in [1.54, 1.807) is 7.11 Å². The van der Waals surface area contributed by atoms with Crippen LogP contribution in [0.1, 0.15) is 35.3 Å². The molecule has 0 heterocycles. The fourth-order valence-electron chi connectivity index (χ4n) is 1.79. The third-order valence-corrected chi connectivity index (χ3v) is 3.66. The molecule has 0 bridgehead atoms. The fourth-order valence-corrected chi connectivity index (χ4v) is 1.79. The summed E-state index contributed by atoms with van der Waals surface area (Å²) in [6.07, 6.45) is 0. The van der Waals surface area contributed by atoms with Crippen LogP contribution in [0.2, 0.25) is 0 Å². The van der Waals surface area contributed by atoms with Crippen LogP contribution in [-0.4, -0.2) is 37.4 Å². The molecule has 3 heteroatoms. The minimum Gasteiger partial charge on any atom is -0.496 e. The number of hydrogen-bond acceptors (Lipinski definition) is 3. The minimum atomic E-state index is -0.508. The van der Waals surface area contributed by atoms with Crippen molar-refractivity contribution in [2.24, 2.45) is 0 Å². The first-order chi connectivity index (χ1) is 8.21. The van der Waals surface area contributed by atoms with E-state index in [9.17, 15) is 4.79 Å². The summed E-state index contributed by atoms with van der Waals surface area (Å²) in [6.45, 7) is 7.78. The zero-order valence-corrected chi connectivity index (χ0v) is 12.4. The molecular formula is C15H23NO2. The van der Waals surface area contributed by atoms with Crippen molar-refractivity contribution in [3.8, 4) is 5.75 Å². The van der Waals surface area contributed by atoms with Crippen LogP contribution in [0.4, 0.5) is 0 Å². The lowest BCUT2D eigenvalue weighted by atomic mass is 9.88. The highest BCUT2D eigenvalue weighted by atomic mass is 16.5. The Bertz CT molecular complexity index is 462. The highest BCUT2D eigenvalue weighted by molar-refractivity contribution is 6.04. The molecule has 0 atom stereocenters. The SMILES string of the molecule is COc1cc(C)c(C(=O)C(C)(C)N(C)C)cc1C. The van der Waals surface area contributed by atoms with Crippen molar-refractivity contribution < 1.29 is 9.53 Å². The molecule has 0 unspecified atom stereocenters. The van der Waals surface area contributed by atoms with Gasteiger partial charge in [-0.1, -0.05) is 0 Å². The molecule has 0 aromatic heterocycles. The number of ether oxygens (including phenoxy) is 1. The predicted octanol–water partition coefficient (Wildman–Crippen LogP) is 2.83. The van der Waals surface area contributed by atoms with Crippen molar-refractivity contribution in [2.45, 2.75) is 33.2 Å². The smallest absolute Gasteiger partial charge is 0.182 e. The summed E-state index contributed by atoms with van der Waals surface area (Å²) >= 11 is 0. The Kier molecular flexibility index (Phi) is 4.17. The van der Waals surface area contributed by atoms with Gasteiger partial charge in [0.2, 0.25) is 0 Å². The monoisotopic (exact) mass is 249 g/mol. The lowest BCUT2D eigenvalue weighted by molar-refractivity contribution is 0.0754. The second-order valence-corrected chi connectivity index (χ2v) is 5.42. The van der Waals surface area contributed by atoms with E-state index in [2.05, 4.69) is 0 Å². The number of aryl methyl sites for hydroxylation is 2. The Balaban J connectivity index is 3.27. The summed E-state index contributed by atoms with van der Waals surface area (Å²) in [7, 11) is 5.49. The average Bonchev–Trinajstić information content (AvgIpc) is 2.30. The number of benzene rings is 1.